The van der Waals surface area contributed by atoms with Crippen LogP contribution < -0.4 is 0 Å². The van der Waals surface area contributed by atoms with E-state index in [9.17, 15) is 0 Å². The number of thiazole rings is 1. The van der Waals surface area contributed by atoms with Crippen molar-refractivity contribution in [2.45, 2.75) is 51.5 Å². The Balaban J connectivity index is 1.37. The Labute approximate surface area is 136 Å². The fraction of sp³-hybridized carbons (Fsp3) is 0.647. The third kappa shape index (κ3) is 2.84. The van der Waals surface area contributed by atoms with Crippen LogP contribution in [0.1, 0.15) is 47.4 Å². The number of rotatable bonds is 4. The van der Waals surface area contributed by atoms with E-state index in [1.54, 1.807) is 11.3 Å². The van der Waals surface area contributed by atoms with Crippen molar-refractivity contribution in [2.75, 3.05) is 19.6 Å². The van der Waals surface area contributed by atoms with Gasteiger partial charge in [-0.1, -0.05) is 0 Å². The molecule has 0 saturated carbocycles. The van der Waals surface area contributed by atoms with E-state index in [1.165, 1.54) is 67.3 Å². The Kier molecular flexibility index (Phi) is 4.01. The Morgan fingerprint density at radius 1 is 1.32 bits per heavy atom. The van der Waals surface area contributed by atoms with Gasteiger partial charge in [-0.05, 0) is 39.0 Å². The number of imidazole rings is 1. The zero-order valence-electron chi connectivity index (χ0n) is 13.3. The molecule has 22 heavy (non-hydrogen) atoms. The van der Waals surface area contributed by atoms with Crippen molar-refractivity contribution in [3.8, 4) is 0 Å². The van der Waals surface area contributed by atoms with Crippen LogP contribution in [-0.4, -0.2) is 39.1 Å². The molecule has 1 saturated heterocycles. The molecule has 3 heterocycles. The molecule has 1 aliphatic heterocycles. The lowest BCUT2D eigenvalue weighted by molar-refractivity contribution is 0.325. The first-order chi connectivity index (χ1) is 10.8. The molecule has 0 radical (unpaired) electrons. The normalized spacial score (nSPS) is 22.1. The minimum atomic E-state index is 0.631. The molecule has 0 amide bonds. The average Bonchev–Trinajstić information content (AvgIpc) is 3.23. The van der Waals surface area contributed by atoms with Crippen molar-refractivity contribution >= 4 is 11.3 Å². The third-order valence-corrected chi connectivity index (χ3v) is 5.87. The van der Waals surface area contributed by atoms with Gasteiger partial charge in [-0.2, -0.15) is 0 Å². The predicted octanol–water partition coefficient (Wildman–Crippen LogP) is 3.02. The van der Waals surface area contributed by atoms with E-state index >= 15 is 0 Å². The Morgan fingerprint density at radius 2 is 2.23 bits per heavy atom. The number of fused-ring (bicyclic) bond motifs is 1. The maximum absolute atomic E-state index is 4.66. The first-order valence-corrected chi connectivity index (χ1v) is 9.35. The molecule has 1 fully saturated rings. The molecule has 4 rings (SSSR count). The van der Waals surface area contributed by atoms with Crippen molar-refractivity contribution in [2.24, 2.45) is 0 Å². The van der Waals surface area contributed by atoms with Crippen LogP contribution in [0, 0.1) is 6.92 Å². The topological polar surface area (TPSA) is 34.0 Å². The van der Waals surface area contributed by atoms with Crippen molar-refractivity contribution in [3.63, 3.8) is 0 Å². The summed E-state index contributed by atoms with van der Waals surface area (Å²) < 4.78 is 2.49. The van der Waals surface area contributed by atoms with Crippen LogP contribution in [0.2, 0.25) is 0 Å². The van der Waals surface area contributed by atoms with E-state index in [1.807, 2.05) is 0 Å². The van der Waals surface area contributed by atoms with Gasteiger partial charge in [0, 0.05) is 43.2 Å². The average molecular weight is 316 g/mol. The second kappa shape index (κ2) is 6.13. The lowest BCUT2D eigenvalue weighted by Gasteiger charge is -2.20. The molecule has 2 aliphatic rings. The highest BCUT2D eigenvalue weighted by molar-refractivity contribution is 7.09. The summed E-state index contributed by atoms with van der Waals surface area (Å²) in [6.07, 6.45) is 9.50. The third-order valence-electron chi connectivity index (χ3n) is 5.05. The van der Waals surface area contributed by atoms with Crippen LogP contribution in [-0.2, 0) is 19.3 Å². The number of hydrogen-bond donors (Lipinski definition) is 0. The zero-order chi connectivity index (χ0) is 14.9. The Morgan fingerprint density at radius 3 is 3.09 bits per heavy atom. The summed E-state index contributed by atoms with van der Waals surface area (Å²) in [7, 11) is 0. The van der Waals surface area contributed by atoms with E-state index < -0.39 is 0 Å². The van der Waals surface area contributed by atoms with Gasteiger partial charge in [0.2, 0.25) is 0 Å². The monoisotopic (exact) mass is 316 g/mol. The van der Waals surface area contributed by atoms with E-state index in [0.29, 0.717) is 6.04 Å². The zero-order valence-corrected chi connectivity index (χ0v) is 14.1. The van der Waals surface area contributed by atoms with E-state index in [-0.39, 0.29) is 0 Å². The van der Waals surface area contributed by atoms with Crippen molar-refractivity contribution < 1.29 is 0 Å². The summed E-state index contributed by atoms with van der Waals surface area (Å²) in [5.41, 5.74) is 4.14. The second-order valence-electron chi connectivity index (χ2n) is 6.60. The first kappa shape index (κ1) is 14.4. The minimum absolute atomic E-state index is 0.631. The van der Waals surface area contributed by atoms with Gasteiger partial charge in [-0.25, -0.2) is 9.97 Å². The summed E-state index contributed by atoms with van der Waals surface area (Å²) in [6.45, 7) is 5.60. The molecule has 4 nitrogen and oxygen atoms in total. The molecule has 1 aliphatic carbocycles. The summed E-state index contributed by atoms with van der Waals surface area (Å²) in [4.78, 5) is 11.8. The number of hydrogen-bond acceptors (Lipinski definition) is 4. The van der Waals surface area contributed by atoms with Gasteiger partial charge in [0.15, 0.2) is 0 Å². The molecule has 1 atom stereocenters. The lowest BCUT2D eigenvalue weighted by Crippen LogP contribution is -2.24. The summed E-state index contributed by atoms with van der Waals surface area (Å²) in [5.74, 6) is 0. The first-order valence-electron chi connectivity index (χ1n) is 8.47. The van der Waals surface area contributed by atoms with Gasteiger partial charge in [-0.15, -0.1) is 11.3 Å². The predicted molar refractivity (Wildman–Crippen MR) is 89.5 cm³/mol. The molecule has 2 aromatic heterocycles. The highest BCUT2D eigenvalue weighted by atomic mass is 32.1. The summed E-state index contributed by atoms with van der Waals surface area (Å²) in [5, 5.41) is 3.38. The van der Waals surface area contributed by atoms with Gasteiger partial charge in [0.25, 0.3) is 0 Å². The molecule has 2 aromatic rings. The van der Waals surface area contributed by atoms with Gasteiger partial charge >= 0.3 is 0 Å². The maximum atomic E-state index is 4.66. The molecule has 118 valence electrons. The van der Waals surface area contributed by atoms with Crippen molar-refractivity contribution in [3.05, 3.63) is 33.8 Å². The highest BCUT2D eigenvalue weighted by Crippen LogP contribution is 2.28. The molecule has 0 bridgehead atoms. The largest absolute Gasteiger partial charge is 0.330 e. The van der Waals surface area contributed by atoms with Gasteiger partial charge in [0.05, 0.1) is 22.7 Å². The quantitative estimate of drug-likeness (QED) is 0.869. The van der Waals surface area contributed by atoms with E-state index in [4.69, 9.17) is 0 Å². The molecular formula is C17H24N4S. The van der Waals surface area contributed by atoms with Crippen LogP contribution in [0.5, 0.6) is 0 Å². The standard InChI is InChI=1S/C17H24N4S/c1-13-19-14(11-22-13)6-8-20-9-7-15(10-20)21-12-18-16-4-2-3-5-17(16)21/h11-12,15H,2-10H2,1H3/t15-/m0/s1. The van der Waals surface area contributed by atoms with Crippen LogP contribution in [0.4, 0.5) is 0 Å². The molecule has 0 aromatic carbocycles. The fourth-order valence-corrected chi connectivity index (χ4v) is 4.49. The minimum Gasteiger partial charge on any atom is -0.330 e. The Bertz CT molecular complexity index is 645. The maximum Gasteiger partial charge on any atom is 0.0954 e. The van der Waals surface area contributed by atoms with Crippen LogP contribution in [0.3, 0.4) is 0 Å². The fourth-order valence-electron chi connectivity index (χ4n) is 3.84. The summed E-state index contributed by atoms with van der Waals surface area (Å²) in [6, 6.07) is 0.631. The number of likely N-dealkylation sites (tertiary alicyclic amines) is 1. The second-order valence-corrected chi connectivity index (χ2v) is 7.67. The van der Waals surface area contributed by atoms with Crippen molar-refractivity contribution in [1.82, 2.24) is 19.4 Å². The molecule has 0 N–H and O–H groups in total. The molecule has 5 heteroatoms. The number of aromatic nitrogens is 3. The highest BCUT2D eigenvalue weighted by Gasteiger charge is 2.27. The van der Waals surface area contributed by atoms with Crippen molar-refractivity contribution in [1.29, 1.82) is 0 Å². The van der Waals surface area contributed by atoms with E-state index in [0.717, 1.165) is 13.0 Å². The number of aryl methyl sites for hydroxylation is 2. The SMILES string of the molecule is Cc1nc(CCN2CC[C@H](n3cnc4c3CCCC4)C2)cs1. The molecular weight excluding hydrogens is 292 g/mol. The smallest absolute Gasteiger partial charge is 0.0954 e. The van der Waals surface area contributed by atoms with Crippen LogP contribution in [0.15, 0.2) is 11.7 Å². The van der Waals surface area contributed by atoms with Gasteiger partial charge in [-0.3, -0.25) is 0 Å². The summed E-state index contributed by atoms with van der Waals surface area (Å²) >= 11 is 1.76. The molecule has 0 spiro atoms. The number of nitrogens with zero attached hydrogens (tertiary/aromatic N) is 4. The van der Waals surface area contributed by atoms with Crippen LogP contribution in [0.25, 0.3) is 0 Å². The lowest BCUT2D eigenvalue weighted by atomic mass is 10.0. The van der Waals surface area contributed by atoms with E-state index in [2.05, 4.69) is 38.1 Å². The Hall–Kier alpha value is -1.20. The van der Waals surface area contributed by atoms with Crippen LogP contribution >= 0.6 is 11.3 Å². The molecule has 0 unspecified atom stereocenters. The van der Waals surface area contributed by atoms with Gasteiger partial charge < -0.3 is 9.47 Å². The van der Waals surface area contributed by atoms with Gasteiger partial charge in [0.1, 0.15) is 0 Å².